The van der Waals surface area contributed by atoms with Crippen molar-refractivity contribution in [3.8, 4) is 0 Å². The lowest BCUT2D eigenvalue weighted by Gasteiger charge is -2.28. The summed E-state index contributed by atoms with van der Waals surface area (Å²) in [4.78, 5) is 17.6. The molecule has 0 saturated heterocycles. The van der Waals surface area contributed by atoms with E-state index in [4.69, 9.17) is 4.74 Å². The number of carbonyl (C=O) groups excluding carboxylic acids is 1. The summed E-state index contributed by atoms with van der Waals surface area (Å²) in [6.07, 6.45) is -4.44. The first-order valence-electron chi connectivity index (χ1n) is 6.66. The van der Waals surface area contributed by atoms with E-state index in [2.05, 4.69) is 4.98 Å². The fourth-order valence-corrected chi connectivity index (χ4v) is 2.68. The molecule has 1 amide bonds. The summed E-state index contributed by atoms with van der Waals surface area (Å²) in [6.45, 7) is 0.0771. The van der Waals surface area contributed by atoms with E-state index in [1.54, 1.807) is 11.4 Å². The largest absolute Gasteiger partial charge is 0.416 e. The van der Waals surface area contributed by atoms with E-state index in [0.29, 0.717) is 5.56 Å². The fourth-order valence-electron chi connectivity index (χ4n) is 2.15. The third-order valence-electron chi connectivity index (χ3n) is 3.36. The van der Waals surface area contributed by atoms with E-state index in [1.807, 2.05) is 0 Å². The Kier molecular flexibility index (Phi) is 5.38. The average Bonchev–Trinajstić information content (AvgIpc) is 3.05. The summed E-state index contributed by atoms with van der Waals surface area (Å²) in [7, 11) is 2.95. The highest BCUT2D eigenvalue weighted by atomic mass is 32.1. The Morgan fingerprint density at radius 1 is 1.43 bits per heavy atom. The molecule has 0 N–H and O–H groups in total. The number of hydrogen-bond acceptors (Lipinski definition) is 4. The van der Waals surface area contributed by atoms with Gasteiger partial charge in [0.15, 0.2) is 0 Å². The van der Waals surface area contributed by atoms with Crippen molar-refractivity contribution in [2.45, 2.75) is 12.2 Å². The number of rotatable bonds is 5. The molecule has 8 heteroatoms. The first-order chi connectivity index (χ1) is 10.8. The second kappa shape index (κ2) is 7.10. The summed E-state index contributed by atoms with van der Waals surface area (Å²) in [6, 6.07) is 4.26. The van der Waals surface area contributed by atoms with Crippen LogP contribution in [0.15, 0.2) is 35.2 Å². The van der Waals surface area contributed by atoms with Crippen LogP contribution in [0.3, 0.4) is 0 Å². The SMILES string of the molecule is COC[C@@H](c1cccc(C(F)(F)F)c1)N(C)C(=O)c1cscn1. The van der Waals surface area contributed by atoms with Gasteiger partial charge in [-0.25, -0.2) is 4.98 Å². The van der Waals surface area contributed by atoms with Crippen molar-refractivity contribution in [2.75, 3.05) is 20.8 Å². The van der Waals surface area contributed by atoms with E-state index in [0.717, 1.165) is 12.1 Å². The van der Waals surface area contributed by atoms with Crippen LogP contribution in [0.2, 0.25) is 0 Å². The molecule has 1 aromatic carbocycles. The number of benzene rings is 1. The molecule has 124 valence electrons. The zero-order valence-electron chi connectivity index (χ0n) is 12.5. The minimum absolute atomic E-state index is 0.0771. The molecule has 0 aliphatic carbocycles. The van der Waals surface area contributed by atoms with Crippen LogP contribution in [0.25, 0.3) is 0 Å². The third kappa shape index (κ3) is 4.08. The number of likely N-dealkylation sites (N-methyl/N-ethyl adjacent to an activating group) is 1. The number of halogens is 3. The van der Waals surface area contributed by atoms with Crippen LogP contribution in [0.5, 0.6) is 0 Å². The number of alkyl halides is 3. The normalized spacial score (nSPS) is 12.9. The maximum Gasteiger partial charge on any atom is 0.416 e. The molecule has 0 bridgehead atoms. The molecular formula is C15H15F3N2O2S. The Morgan fingerprint density at radius 3 is 2.74 bits per heavy atom. The van der Waals surface area contributed by atoms with E-state index < -0.39 is 17.8 Å². The van der Waals surface area contributed by atoms with Crippen LogP contribution in [-0.2, 0) is 10.9 Å². The first kappa shape index (κ1) is 17.4. The number of amides is 1. The fraction of sp³-hybridized carbons (Fsp3) is 0.333. The maximum atomic E-state index is 12.9. The Balaban J connectivity index is 2.33. The van der Waals surface area contributed by atoms with Crippen molar-refractivity contribution < 1.29 is 22.7 Å². The van der Waals surface area contributed by atoms with Crippen molar-refractivity contribution in [1.29, 1.82) is 0 Å². The Hall–Kier alpha value is -1.93. The molecular weight excluding hydrogens is 329 g/mol. The van der Waals surface area contributed by atoms with Gasteiger partial charge >= 0.3 is 6.18 Å². The third-order valence-corrected chi connectivity index (χ3v) is 3.95. The van der Waals surface area contributed by atoms with E-state index >= 15 is 0 Å². The van der Waals surface area contributed by atoms with Gasteiger partial charge in [-0.1, -0.05) is 12.1 Å². The molecule has 23 heavy (non-hydrogen) atoms. The van der Waals surface area contributed by atoms with Gasteiger partial charge in [-0.15, -0.1) is 11.3 Å². The zero-order chi connectivity index (χ0) is 17.0. The van der Waals surface area contributed by atoms with Crippen molar-refractivity contribution in [1.82, 2.24) is 9.88 Å². The molecule has 1 atom stereocenters. The van der Waals surface area contributed by atoms with Crippen molar-refractivity contribution in [2.24, 2.45) is 0 Å². The number of hydrogen-bond donors (Lipinski definition) is 0. The molecule has 0 aliphatic heterocycles. The van der Waals surface area contributed by atoms with Crippen LogP contribution in [-0.4, -0.2) is 36.6 Å². The molecule has 0 aliphatic rings. The summed E-state index contributed by atoms with van der Waals surface area (Å²) in [5.74, 6) is -0.370. The van der Waals surface area contributed by atoms with Gasteiger partial charge in [0.05, 0.1) is 23.7 Å². The molecule has 0 radical (unpaired) electrons. The van der Waals surface area contributed by atoms with E-state index in [1.165, 1.54) is 42.0 Å². The van der Waals surface area contributed by atoms with Gasteiger partial charge in [0.25, 0.3) is 5.91 Å². The highest BCUT2D eigenvalue weighted by Crippen LogP contribution is 2.32. The molecule has 2 rings (SSSR count). The quantitative estimate of drug-likeness (QED) is 0.832. The van der Waals surface area contributed by atoms with Gasteiger partial charge in [0.1, 0.15) is 5.69 Å². The second-order valence-electron chi connectivity index (χ2n) is 4.88. The number of methoxy groups -OCH3 is 1. The maximum absolute atomic E-state index is 12.9. The molecule has 0 spiro atoms. The van der Waals surface area contributed by atoms with Gasteiger partial charge in [0.2, 0.25) is 0 Å². The molecule has 0 fully saturated rings. The van der Waals surface area contributed by atoms with Crippen LogP contribution in [0, 0.1) is 0 Å². The van der Waals surface area contributed by atoms with Crippen molar-refractivity contribution in [3.05, 3.63) is 52.0 Å². The van der Waals surface area contributed by atoms with Crippen LogP contribution >= 0.6 is 11.3 Å². The van der Waals surface area contributed by atoms with Gasteiger partial charge < -0.3 is 9.64 Å². The van der Waals surface area contributed by atoms with Gasteiger partial charge in [-0.3, -0.25) is 4.79 Å². The molecule has 1 heterocycles. The lowest BCUT2D eigenvalue weighted by molar-refractivity contribution is -0.137. The average molecular weight is 344 g/mol. The molecule has 2 aromatic rings. The molecule has 4 nitrogen and oxygen atoms in total. The van der Waals surface area contributed by atoms with E-state index in [9.17, 15) is 18.0 Å². The highest BCUT2D eigenvalue weighted by Gasteiger charge is 2.32. The van der Waals surface area contributed by atoms with Crippen LogP contribution < -0.4 is 0 Å². The number of nitrogens with zero attached hydrogens (tertiary/aromatic N) is 2. The number of aromatic nitrogens is 1. The topological polar surface area (TPSA) is 42.4 Å². The smallest absolute Gasteiger partial charge is 0.382 e. The second-order valence-corrected chi connectivity index (χ2v) is 5.60. The zero-order valence-corrected chi connectivity index (χ0v) is 13.3. The summed E-state index contributed by atoms with van der Waals surface area (Å²) in [5, 5.41) is 1.59. The molecule has 1 aromatic heterocycles. The summed E-state index contributed by atoms with van der Waals surface area (Å²) < 4.78 is 43.7. The molecule has 0 unspecified atom stereocenters. The summed E-state index contributed by atoms with van der Waals surface area (Å²) >= 11 is 1.27. The van der Waals surface area contributed by atoms with Crippen molar-refractivity contribution >= 4 is 17.2 Å². The minimum atomic E-state index is -4.44. The summed E-state index contributed by atoms with van der Waals surface area (Å²) in [5.41, 5.74) is 1.38. The number of ether oxygens (including phenoxy) is 1. The Morgan fingerprint density at radius 2 is 2.17 bits per heavy atom. The van der Waals surface area contributed by atoms with Gasteiger partial charge in [-0.05, 0) is 17.7 Å². The Labute approximate surface area is 135 Å². The standard InChI is InChI=1S/C15H15F3N2O2S/c1-20(14(21)12-8-23-9-19-12)13(7-22-2)10-4-3-5-11(6-10)15(16,17)18/h3-6,8-9,13H,7H2,1-2H3/t13-/m0/s1. The van der Waals surface area contributed by atoms with Crippen LogP contribution in [0.1, 0.15) is 27.7 Å². The van der Waals surface area contributed by atoms with Gasteiger partial charge in [-0.2, -0.15) is 13.2 Å². The van der Waals surface area contributed by atoms with Gasteiger partial charge in [0, 0.05) is 19.5 Å². The lowest BCUT2D eigenvalue weighted by Crippen LogP contribution is -2.34. The van der Waals surface area contributed by atoms with Crippen LogP contribution in [0.4, 0.5) is 13.2 Å². The van der Waals surface area contributed by atoms with Crippen molar-refractivity contribution in [3.63, 3.8) is 0 Å². The highest BCUT2D eigenvalue weighted by molar-refractivity contribution is 7.07. The minimum Gasteiger partial charge on any atom is -0.382 e. The monoisotopic (exact) mass is 344 g/mol. The van der Waals surface area contributed by atoms with E-state index in [-0.39, 0.29) is 18.2 Å². The predicted octanol–water partition coefficient (Wildman–Crippen LogP) is 3.62. The number of thiazole rings is 1. The number of carbonyl (C=O) groups is 1. The molecule has 0 saturated carbocycles. The lowest BCUT2D eigenvalue weighted by atomic mass is 10.0. The first-order valence-corrected chi connectivity index (χ1v) is 7.60. The Bertz CT molecular complexity index is 659. The predicted molar refractivity (Wildman–Crippen MR) is 80.3 cm³/mol.